The third-order valence-corrected chi connectivity index (χ3v) is 2.61. The van der Waals surface area contributed by atoms with E-state index in [1.807, 2.05) is 0 Å². The summed E-state index contributed by atoms with van der Waals surface area (Å²) < 4.78 is 5.57. The van der Waals surface area contributed by atoms with Crippen LogP contribution in [0.15, 0.2) is 0 Å². The highest BCUT2D eigenvalue weighted by Crippen LogP contribution is 2.23. The molecule has 0 spiro atoms. The van der Waals surface area contributed by atoms with Gasteiger partial charge in [0.2, 0.25) is 0 Å². The van der Waals surface area contributed by atoms with Gasteiger partial charge in [-0.2, -0.15) is 0 Å². The molecular formula is C10H21NO. The molecule has 2 N–H and O–H groups in total. The van der Waals surface area contributed by atoms with Gasteiger partial charge in [-0.25, -0.2) is 0 Å². The SMILES string of the molecule is CC(C)OCC1CCCCC1N. The number of hydrogen-bond donors (Lipinski definition) is 1. The quantitative estimate of drug-likeness (QED) is 0.704. The van der Waals surface area contributed by atoms with Gasteiger partial charge in [-0.15, -0.1) is 0 Å². The minimum atomic E-state index is 0.346. The topological polar surface area (TPSA) is 35.2 Å². The molecular weight excluding hydrogens is 150 g/mol. The van der Waals surface area contributed by atoms with Crippen molar-refractivity contribution in [3.63, 3.8) is 0 Å². The van der Waals surface area contributed by atoms with Gasteiger partial charge in [-0.3, -0.25) is 0 Å². The summed E-state index contributed by atoms with van der Waals surface area (Å²) in [5, 5.41) is 0. The normalized spacial score (nSPS) is 31.0. The summed E-state index contributed by atoms with van der Waals surface area (Å²) in [5.74, 6) is 0.612. The highest BCUT2D eigenvalue weighted by atomic mass is 16.5. The van der Waals surface area contributed by atoms with Crippen molar-refractivity contribution in [1.82, 2.24) is 0 Å². The van der Waals surface area contributed by atoms with Crippen LogP contribution in [-0.4, -0.2) is 18.8 Å². The molecule has 2 nitrogen and oxygen atoms in total. The molecule has 1 fully saturated rings. The second kappa shape index (κ2) is 4.83. The predicted octanol–water partition coefficient (Wildman–Crippen LogP) is 1.93. The van der Waals surface area contributed by atoms with E-state index in [1.54, 1.807) is 0 Å². The van der Waals surface area contributed by atoms with Crippen LogP contribution in [0.25, 0.3) is 0 Å². The van der Waals surface area contributed by atoms with E-state index in [9.17, 15) is 0 Å². The first-order valence-electron chi connectivity index (χ1n) is 5.07. The molecule has 1 rings (SSSR count). The number of hydrogen-bond acceptors (Lipinski definition) is 2. The molecule has 0 aromatic carbocycles. The molecule has 2 heteroatoms. The minimum absolute atomic E-state index is 0.346. The standard InChI is InChI=1S/C10H21NO/c1-8(2)12-7-9-5-3-4-6-10(9)11/h8-10H,3-7,11H2,1-2H3. The van der Waals surface area contributed by atoms with Crippen molar-refractivity contribution < 1.29 is 4.74 Å². The summed E-state index contributed by atoms with van der Waals surface area (Å²) in [7, 11) is 0. The van der Waals surface area contributed by atoms with Gasteiger partial charge >= 0.3 is 0 Å². The van der Waals surface area contributed by atoms with Crippen molar-refractivity contribution in [1.29, 1.82) is 0 Å². The molecule has 0 heterocycles. The van der Waals surface area contributed by atoms with Crippen LogP contribution in [0.4, 0.5) is 0 Å². The van der Waals surface area contributed by atoms with Crippen LogP contribution in [0.5, 0.6) is 0 Å². The van der Waals surface area contributed by atoms with Crippen LogP contribution in [0.2, 0.25) is 0 Å². The zero-order chi connectivity index (χ0) is 8.97. The van der Waals surface area contributed by atoms with Crippen LogP contribution < -0.4 is 5.73 Å². The fourth-order valence-corrected chi connectivity index (χ4v) is 1.76. The van der Waals surface area contributed by atoms with Gasteiger partial charge in [0, 0.05) is 6.04 Å². The van der Waals surface area contributed by atoms with Gasteiger partial charge in [0.15, 0.2) is 0 Å². The molecule has 1 aliphatic rings. The van der Waals surface area contributed by atoms with Gasteiger partial charge in [0.05, 0.1) is 12.7 Å². The minimum Gasteiger partial charge on any atom is -0.378 e. The summed E-state index contributed by atoms with van der Waals surface area (Å²) in [4.78, 5) is 0. The van der Waals surface area contributed by atoms with E-state index >= 15 is 0 Å². The number of ether oxygens (including phenoxy) is 1. The molecule has 12 heavy (non-hydrogen) atoms. The highest BCUT2D eigenvalue weighted by Gasteiger charge is 2.21. The smallest absolute Gasteiger partial charge is 0.0519 e. The van der Waals surface area contributed by atoms with Crippen LogP contribution in [0.3, 0.4) is 0 Å². The Morgan fingerprint density at radius 1 is 1.33 bits per heavy atom. The van der Waals surface area contributed by atoms with E-state index < -0.39 is 0 Å². The summed E-state index contributed by atoms with van der Waals surface area (Å²) in [5.41, 5.74) is 5.99. The maximum Gasteiger partial charge on any atom is 0.0519 e. The summed E-state index contributed by atoms with van der Waals surface area (Å²) in [6.45, 7) is 5.02. The largest absolute Gasteiger partial charge is 0.378 e. The molecule has 1 saturated carbocycles. The second-order valence-electron chi connectivity index (χ2n) is 4.09. The van der Waals surface area contributed by atoms with Crippen LogP contribution in [0, 0.1) is 5.92 Å². The lowest BCUT2D eigenvalue weighted by Gasteiger charge is -2.28. The Morgan fingerprint density at radius 2 is 2.00 bits per heavy atom. The van der Waals surface area contributed by atoms with E-state index in [4.69, 9.17) is 10.5 Å². The van der Waals surface area contributed by atoms with Crippen molar-refractivity contribution in [2.45, 2.75) is 51.7 Å². The van der Waals surface area contributed by atoms with Crippen molar-refractivity contribution in [3.05, 3.63) is 0 Å². The van der Waals surface area contributed by atoms with E-state index in [2.05, 4.69) is 13.8 Å². The predicted molar refractivity (Wildman–Crippen MR) is 51.0 cm³/mol. The average molecular weight is 171 g/mol. The zero-order valence-electron chi connectivity index (χ0n) is 8.25. The Labute approximate surface area is 75.5 Å². The van der Waals surface area contributed by atoms with Crippen LogP contribution >= 0.6 is 0 Å². The summed E-state index contributed by atoms with van der Waals surface area (Å²) in [6.07, 6.45) is 5.43. The van der Waals surface area contributed by atoms with Crippen molar-refractivity contribution >= 4 is 0 Å². The Balaban J connectivity index is 2.20. The van der Waals surface area contributed by atoms with Gasteiger partial charge < -0.3 is 10.5 Å². The Morgan fingerprint density at radius 3 is 2.58 bits per heavy atom. The Hall–Kier alpha value is -0.0800. The molecule has 0 bridgehead atoms. The lowest BCUT2D eigenvalue weighted by molar-refractivity contribution is 0.0355. The molecule has 0 saturated heterocycles. The van der Waals surface area contributed by atoms with Crippen molar-refractivity contribution in [2.75, 3.05) is 6.61 Å². The molecule has 2 unspecified atom stereocenters. The molecule has 72 valence electrons. The third kappa shape index (κ3) is 3.11. The molecule has 0 radical (unpaired) electrons. The highest BCUT2D eigenvalue weighted by molar-refractivity contribution is 4.77. The average Bonchev–Trinajstić information content (AvgIpc) is 2.03. The molecule has 0 amide bonds. The first-order valence-corrected chi connectivity index (χ1v) is 5.07. The molecule has 0 aromatic rings. The molecule has 1 aliphatic carbocycles. The maximum absolute atomic E-state index is 5.99. The lowest BCUT2D eigenvalue weighted by Crippen LogP contribution is -2.36. The second-order valence-corrected chi connectivity index (χ2v) is 4.09. The Kier molecular flexibility index (Phi) is 4.02. The van der Waals surface area contributed by atoms with Crippen LogP contribution in [-0.2, 0) is 4.74 Å². The van der Waals surface area contributed by atoms with Crippen molar-refractivity contribution in [2.24, 2.45) is 11.7 Å². The van der Waals surface area contributed by atoms with E-state index in [0.717, 1.165) is 6.61 Å². The Bertz CT molecular complexity index is 125. The summed E-state index contributed by atoms with van der Waals surface area (Å²) in [6, 6.07) is 0.387. The van der Waals surface area contributed by atoms with Crippen LogP contribution in [0.1, 0.15) is 39.5 Å². The van der Waals surface area contributed by atoms with Gasteiger partial charge in [-0.05, 0) is 32.6 Å². The maximum atomic E-state index is 5.99. The van der Waals surface area contributed by atoms with Gasteiger partial charge in [-0.1, -0.05) is 12.8 Å². The third-order valence-electron chi connectivity index (χ3n) is 2.61. The van der Waals surface area contributed by atoms with Gasteiger partial charge in [0.25, 0.3) is 0 Å². The first kappa shape index (κ1) is 10.0. The van der Waals surface area contributed by atoms with E-state index in [-0.39, 0.29) is 0 Å². The fraction of sp³-hybridized carbons (Fsp3) is 1.00. The molecule has 0 aliphatic heterocycles. The van der Waals surface area contributed by atoms with Crippen molar-refractivity contribution in [3.8, 4) is 0 Å². The van der Waals surface area contributed by atoms with E-state index in [1.165, 1.54) is 25.7 Å². The van der Waals surface area contributed by atoms with E-state index in [0.29, 0.717) is 18.1 Å². The zero-order valence-corrected chi connectivity index (χ0v) is 8.25. The molecule has 0 aromatic heterocycles. The summed E-state index contributed by atoms with van der Waals surface area (Å²) >= 11 is 0. The van der Waals surface area contributed by atoms with Gasteiger partial charge in [0.1, 0.15) is 0 Å². The number of rotatable bonds is 3. The number of nitrogens with two attached hydrogens (primary N) is 1. The first-order chi connectivity index (χ1) is 5.70. The fourth-order valence-electron chi connectivity index (χ4n) is 1.76. The lowest BCUT2D eigenvalue weighted by atomic mass is 9.86. The molecule has 2 atom stereocenters. The monoisotopic (exact) mass is 171 g/mol.